The topological polar surface area (TPSA) is 59.4 Å². The van der Waals surface area contributed by atoms with Gasteiger partial charge in [-0.3, -0.25) is 0 Å². The second-order valence-corrected chi connectivity index (χ2v) is 5.47. The SMILES string of the molecule is Cc1cc(-c2ccccc2OCc2ccccc2)cnc1C(=O)O. The van der Waals surface area contributed by atoms with E-state index in [1.165, 1.54) is 0 Å². The molecule has 3 aromatic rings. The maximum absolute atomic E-state index is 11.1. The number of aromatic carboxylic acids is 1. The van der Waals surface area contributed by atoms with Crippen LogP contribution in [-0.2, 0) is 6.61 Å². The Hall–Kier alpha value is -3.14. The van der Waals surface area contributed by atoms with E-state index in [1.54, 1.807) is 13.1 Å². The first-order valence-electron chi connectivity index (χ1n) is 7.61. The first kappa shape index (κ1) is 15.7. The zero-order valence-electron chi connectivity index (χ0n) is 13.3. The van der Waals surface area contributed by atoms with Crippen LogP contribution in [0.5, 0.6) is 5.75 Å². The van der Waals surface area contributed by atoms with E-state index in [4.69, 9.17) is 9.84 Å². The van der Waals surface area contributed by atoms with Gasteiger partial charge in [0.2, 0.25) is 0 Å². The third-order valence-electron chi connectivity index (χ3n) is 3.72. The van der Waals surface area contributed by atoms with Gasteiger partial charge >= 0.3 is 5.97 Å². The van der Waals surface area contributed by atoms with Crippen molar-refractivity contribution in [2.75, 3.05) is 0 Å². The number of rotatable bonds is 5. The molecule has 0 radical (unpaired) electrons. The number of benzene rings is 2. The minimum absolute atomic E-state index is 0.0708. The Morgan fingerprint density at radius 1 is 1.08 bits per heavy atom. The van der Waals surface area contributed by atoms with Crippen LogP contribution in [0.2, 0.25) is 0 Å². The average Bonchev–Trinajstić information content (AvgIpc) is 2.60. The molecule has 0 spiro atoms. The molecule has 0 aliphatic carbocycles. The number of ether oxygens (including phenoxy) is 1. The van der Waals surface area contributed by atoms with Gasteiger partial charge in [0.15, 0.2) is 5.69 Å². The molecule has 4 nitrogen and oxygen atoms in total. The quantitative estimate of drug-likeness (QED) is 0.760. The van der Waals surface area contributed by atoms with Crippen LogP contribution in [0, 0.1) is 6.92 Å². The van der Waals surface area contributed by atoms with Crippen molar-refractivity contribution in [3.8, 4) is 16.9 Å². The number of hydrogen-bond acceptors (Lipinski definition) is 3. The highest BCUT2D eigenvalue weighted by Gasteiger charge is 2.12. The lowest BCUT2D eigenvalue weighted by molar-refractivity contribution is 0.0689. The Morgan fingerprint density at radius 2 is 1.79 bits per heavy atom. The number of carboxylic acids is 1. The van der Waals surface area contributed by atoms with Crippen LogP contribution in [0.25, 0.3) is 11.1 Å². The fourth-order valence-corrected chi connectivity index (χ4v) is 2.51. The number of carbonyl (C=O) groups is 1. The fourth-order valence-electron chi connectivity index (χ4n) is 2.51. The molecule has 3 rings (SSSR count). The number of pyridine rings is 1. The standard InChI is InChI=1S/C20H17NO3/c1-14-11-16(12-21-19(14)20(22)23)17-9-5-6-10-18(17)24-13-15-7-3-2-4-8-15/h2-12H,13H2,1H3,(H,22,23). The summed E-state index contributed by atoms with van der Waals surface area (Å²) < 4.78 is 5.95. The van der Waals surface area contributed by atoms with Crippen molar-refractivity contribution in [2.24, 2.45) is 0 Å². The van der Waals surface area contributed by atoms with Crippen molar-refractivity contribution in [1.29, 1.82) is 0 Å². The lowest BCUT2D eigenvalue weighted by Crippen LogP contribution is -2.03. The molecular weight excluding hydrogens is 302 g/mol. The van der Waals surface area contributed by atoms with E-state index in [9.17, 15) is 4.79 Å². The second-order valence-electron chi connectivity index (χ2n) is 5.47. The summed E-state index contributed by atoms with van der Waals surface area (Å²) in [6.07, 6.45) is 1.57. The summed E-state index contributed by atoms with van der Waals surface area (Å²) >= 11 is 0. The van der Waals surface area contributed by atoms with E-state index in [-0.39, 0.29) is 5.69 Å². The van der Waals surface area contributed by atoms with E-state index in [1.807, 2.05) is 60.7 Å². The number of aryl methyl sites for hydroxylation is 1. The highest BCUT2D eigenvalue weighted by molar-refractivity contribution is 5.87. The van der Waals surface area contributed by atoms with Crippen molar-refractivity contribution in [3.63, 3.8) is 0 Å². The summed E-state index contributed by atoms with van der Waals surface area (Å²) in [6.45, 7) is 2.21. The van der Waals surface area contributed by atoms with E-state index in [0.29, 0.717) is 12.2 Å². The van der Waals surface area contributed by atoms with Crippen molar-refractivity contribution in [2.45, 2.75) is 13.5 Å². The molecule has 4 heteroatoms. The fraction of sp³-hybridized carbons (Fsp3) is 0.100. The number of carboxylic acid groups (broad SMARTS) is 1. The molecule has 1 aromatic heterocycles. The number of hydrogen-bond donors (Lipinski definition) is 1. The van der Waals surface area contributed by atoms with Crippen LogP contribution in [0.4, 0.5) is 0 Å². The van der Waals surface area contributed by atoms with E-state index >= 15 is 0 Å². The van der Waals surface area contributed by atoms with Gasteiger partial charge in [0.05, 0.1) is 0 Å². The Balaban J connectivity index is 1.89. The maximum Gasteiger partial charge on any atom is 0.354 e. The highest BCUT2D eigenvalue weighted by Crippen LogP contribution is 2.30. The molecule has 2 aromatic carbocycles. The molecule has 120 valence electrons. The molecule has 0 atom stereocenters. The van der Waals surface area contributed by atoms with Gasteiger partial charge < -0.3 is 9.84 Å². The summed E-state index contributed by atoms with van der Waals surface area (Å²) in [5.74, 6) is -0.279. The average molecular weight is 319 g/mol. The van der Waals surface area contributed by atoms with Crippen LogP contribution < -0.4 is 4.74 Å². The lowest BCUT2D eigenvalue weighted by Gasteiger charge is -2.12. The highest BCUT2D eigenvalue weighted by atomic mass is 16.5. The van der Waals surface area contributed by atoms with Gasteiger partial charge in [-0.2, -0.15) is 0 Å². The van der Waals surface area contributed by atoms with E-state index in [2.05, 4.69) is 4.98 Å². The zero-order chi connectivity index (χ0) is 16.9. The summed E-state index contributed by atoms with van der Waals surface area (Å²) in [6, 6.07) is 19.4. The van der Waals surface area contributed by atoms with Crippen LogP contribution >= 0.6 is 0 Å². The second kappa shape index (κ2) is 6.96. The van der Waals surface area contributed by atoms with Crippen molar-refractivity contribution >= 4 is 5.97 Å². The Labute approximate surface area is 140 Å². The van der Waals surface area contributed by atoms with Gasteiger partial charge in [-0.05, 0) is 30.2 Å². The van der Waals surface area contributed by atoms with Gasteiger partial charge in [-0.15, -0.1) is 0 Å². The molecule has 1 heterocycles. The predicted octanol–water partition coefficient (Wildman–Crippen LogP) is 4.33. The first-order valence-corrected chi connectivity index (χ1v) is 7.61. The molecule has 24 heavy (non-hydrogen) atoms. The lowest BCUT2D eigenvalue weighted by atomic mass is 10.0. The summed E-state index contributed by atoms with van der Waals surface area (Å²) in [4.78, 5) is 15.2. The molecule has 0 saturated heterocycles. The Kier molecular flexibility index (Phi) is 4.57. The van der Waals surface area contributed by atoms with Crippen molar-refractivity contribution in [1.82, 2.24) is 4.98 Å². The number of aromatic nitrogens is 1. The zero-order valence-corrected chi connectivity index (χ0v) is 13.3. The monoisotopic (exact) mass is 319 g/mol. The molecule has 0 unspecified atom stereocenters. The van der Waals surface area contributed by atoms with Gasteiger partial charge in [0, 0.05) is 17.3 Å². The summed E-state index contributed by atoms with van der Waals surface area (Å²) in [7, 11) is 0. The molecule has 0 aliphatic heterocycles. The maximum atomic E-state index is 11.1. The van der Waals surface area contributed by atoms with Crippen LogP contribution in [0.3, 0.4) is 0 Å². The van der Waals surface area contributed by atoms with Gasteiger partial charge in [-0.1, -0.05) is 48.5 Å². The van der Waals surface area contributed by atoms with E-state index < -0.39 is 5.97 Å². The third kappa shape index (κ3) is 3.43. The summed E-state index contributed by atoms with van der Waals surface area (Å²) in [5.41, 5.74) is 3.50. The molecule has 0 fully saturated rings. The molecule has 1 N–H and O–H groups in total. The molecular formula is C20H17NO3. The Morgan fingerprint density at radius 3 is 2.50 bits per heavy atom. The minimum atomic E-state index is -1.02. The molecule has 0 aliphatic rings. The summed E-state index contributed by atoms with van der Waals surface area (Å²) in [5, 5.41) is 9.10. The molecule has 0 saturated carbocycles. The predicted molar refractivity (Wildman–Crippen MR) is 92.1 cm³/mol. The minimum Gasteiger partial charge on any atom is -0.488 e. The molecule has 0 amide bonds. The van der Waals surface area contributed by atoms with Crippen molar-refractivity contribution < 1.29 is 14.6 Å². The number of para-hydroxylation sites is 1. The van der Waals surface area contributed by atoms with Gasteiger partial charge in [0.1, 0.15) is 12.4 Å². The van der Waals surface area contributed by atoms with Crippen LogP contribution in [0.15, 0.2) is 66.9 Å². The smallest absolute Gasteiger partial charge is 0.354 e. The van der Waals surface area contributed by atoms with Gasteiger partial charge in [-0.25, -0.2) is 9.78 Å². The van der Waals surface area contributed by atoms with Crippen molar-refractivity contribution in [3.05, 3.63) is 83.7 Å². The normalized spacial score (nSPS) is 10.4. The number of nitrogens with zero attached hydrogens (tertiary/aromatic N) is 1. The largest absolute Gasteiger partial charge is 0.488 e. The van der Waals surface area contributed by atoms with Gasteiger partial charge in [0.25, 0.3) is 0 Å². The van der Waals surface area contributed by atoms with Crippen LogP contribution in [0.1, 0.15) is 21.6 Å². The van der Waals surface area contributed by atoms with Crippen LogP contribution in [-0.4, -0.2) is 16.1 Å². The Bertz CT molecular complexity index is 860. The third-order valence-corrected chi connectivity index (χ3v) is 3.72. The molecule has 0 bridgehead atoms. The van der Waals surface area contributed by atoms with E-state index in [0.717, 1.165) is 22.4 Å². The first-order chi connectivity index (χ1) is 11.6.